The topological polar surface area (TPSA) is 63.4 Å². The molecule has 1 aliphatic rings. The zero-order valence-electron chi connectivity index (χ0n) is 15.2. The second kappa shape index (κ2) is 8.99. The Bertz CT molecular complexity index is 856. The van der Waals surface area contributed by atoms with Gasteiger partial charge in [0.05, 0.1) is 19.7 Å². The molecule has 2 heterocycles. The van der Waals surface area contributed by atoms with Gasteiger partial charge < -0.3 is 14.6 Å². The zero-order valence-corrected chi connectivity index (χ0v) is 16.0. The van der Waals surface area contributed by atoms with E-state index in [0.717, 1.165) is 30.9 Å². The molecular formula is C20H23ClN4O2. The number of methoxy groups -OCH3 is 1. The number of nitrogens with zero attached hydrogens (tertiary/aromatic N) is 3. The SMILES string of the molecule is COc1ccccc1C1CNCCN1Cc1nc(-c2ccccc2)no1.Cl. The first-order chi connectivity index (χ1) is 12.8. The number of nitrogens with one attached hydrogen (secondary N) is 1. The second-order valence-electron chi connectivity index (χ2n) is 6.31. The van der Waals surface area contributed by atoms with E-state index in [-0.39, 0.29) is 18.4 Å². The van der Waals surface area contributed by atoms with Crippen molar-refractivity contribution in [2.24, 2.45) is 0 Å². The molecule has 1 saturated heterocycles. The largest absolute Gasteiger partial charge is 0.496 e. The summed E-state index contributed by atoms with van der Waals surface area (Å²) in [5.74, 6) is 2.16. The highest BCUT2D eigenvalue weighted by molar-refractivity contribution is 5.85. The molecule has 3 aromatic rings. The summed E-state index contributed by atoms with van der Waals surface area (Å²) in [6.07, 6.45) is 0. The minimum atomic E-state index is 0. The van der Waals surface area contributed by atoms with E-state index in [1.54, 1.807) is 7.11 Å². The molecule has 142 valence electrons. The standard InChI is InChI=1S/C20H22N4O2.ClH/c1-25-18-10-6-5-9-16(18)17-13-21-11-12-24(17)14-19-22-20(23-26-19)15-7-3-2-4-8-15;/h2-10,17,21H,11-14H2,1H3;1H. The minimum Gasteiger partial charge on any atom is -0.496 e. The number of aromatic nitrogens is 2. The third-order valence-corrected chi connectivity index (χ3v) is 4.69. The Morgan fingerprint density at radius 1 is 1.15 bits per heavy atom. The van der Waals surface area contributed by atoms with Crippen LogP contribution in [0.25, 0.3) is 11.4 Å². The number of halogens is 1. The summed E-state index contributed by atoms with van der Waals surface area (Å²) in [5, 5.41) is 7.60. The fraction of sp³-hybridized carbons (Fsp3) is 0.300. The number of hydrogen-bond donors (Lipinski definition) is 1. The molecule has 1 N–H and O–H groups in total. The van der Waals surface area contributed by atoms with Crippen LogP contribution in [-0.4, -0.2) is 41.8 Å². The molecule has 0 amide bonds. The number of para-hydroxylation sites is 1. The van der Waals surface area contributed by atoms with Gasteiger partial charge in [0, 0.05) is 30.8 Å². The first-order valence-electron chi connectivity index (χ1n) is 8.81. The molecule has 7 heteroatoms. The van der Waals surface area contributed by atoms with Crippen molar-refractivity contribution < 1.29 is 9.26 Å². The van der Waals surface area contributed by atoms with Crippen LogP contribution in [0.2, 0.25) is 0 Å². The fourth-order valence-corrected chi connectivity index (χ4v) is 3.38. The Hall–Kier alpha value is -2.41. The fourth-order valence-electron chi connectivity index (χ4n) is 3.38. The van der Waals surface area contributed by atoms with Crippen molar-refractivity contribution in [3.05, 3.63) is 66.1 Å². The first-order valence-corrected chi connectivity index (χ1v) is 8.81. The monoisotopic (exact) mass is 386 g/mol. The maximum Gasteiger partial charge on any atom is 0.241 e. The maximum atomic E-state index is 5.55. The Balaban J connectivity index is 0.00000210. The number of rotatable bonds is 5. The van der Waals surface area contributed by atoms with Crippen molar-refractivity contribution in [2.45, 2.75) is 12.6 Å². The van der Waals surface area contributed by atoms with Crippen molar-refractivity contribution in [2.75, 3.05) is 26.7 Å². The predicted molar refractivity (Wildman–Crippen MR) is 106 cm³/mol. The maximum absolute atomic E-state index is 5.55. The second-order valence-corrected chi connectivity index (χ2v) is 6.31. The van der Waals surface area contributed by atoms with Gasteiger partial charge in [0.1, 0.15) is 5.75 Å². The van der Waals surface area contributed by atoms with Crippen LogP contribution in [0, 0.1) is 0 Å². The molecule has 1 atom stereocenters. The van der Waals surface area contributed by atoms with E-state index >= 15 is 0 Å². The van der Waals surface area contributed by atoms with Crippen LogP contribution in [0.5, 0.6) is 5.75 Å². The quantitative estimate of drug-likeness (QED) is 0.725. The van der Waals surface area contributed by atoms with Gasteiger partial charge >= 0.3 is 0 Å². The summed E-state index contributed by atoms with van der Waals surface area (Å²) in [6.45, 7) is 3.32. The number of piperazine rings is 1. The van der Waals surface area contributed by atoms with E-state index in [4.69, 9.17) is 9.26 Å². The summed E-state index contributed by atoms with van der Waals surface area (Å²) in [6, 6.07) is 18.2. The highest BCUT2D eigenvalue weighted by Crippen LogP contribution is 2.31. The Kier molecular flexibility index (Phi) is 6.45. The highest BCUT2D eigenvalue weighted by atomic mass is 35.5. The molecule has 1 fully saturated rings. The van der Waals surface area contributed by atoms with Gasteiger partial charge in [0.2, 0.25) is 11.7 Å². The van der Waals surface area contributed by atoms with Gasteiger partial charge in [0.25, 0.3) is 0 Å². The smallest absolute Gasteiger partial charge is 0.241 e. The average Bonchev–Trinajstić information content (AvgIpc) is 3.18. The minimum absolute atomic E-state index is 0. The van der Waals surface area contributed by atoms with Crippen LogP contribution >= 0.6 is 12.4 Å². The van der Waals surface area contributed by atoms with Crippen LogP contribution in [0.15, 0.2) is 59.1 Å². The van der Waals surface area contributed by atoms with Crippen LogP contribution in [0.4, 0.5) is 0 Å². The van der Waals surface area contributed by atoms with Crippen LogP contribution in [-0.2, 0) is 6.54 Å². The lowest BCUT2D eigenvalue weighted by Crippen LogP contribution is -2.45. The molecule has 0 spiro atoms. The van der Waals surface area contributed by atoms with Gasteiger partial charge in [-0.3, -0.25) is 4.90 Å². The third kappa shape index (κ3) is 4.30. The Morgan fingerprint density at radius 3 is 2.74 bits per heavy atom. The molecule has 0 bridgehead atoms. The molecular weight excluding hydrogens is 364 g/mol. The van der Waals surface area contributed by atoms with Crippen molar-refractivity contribution >= 4 is 12.4 Å². The number of ether oxygens (including phenoxy) is 1. The average molecular weight is 387 g/mol. The van der Waals surface area contributed by atoms with Gasteiger partial charge in [-0.2, -0.15) is 4.98 Å². The molecule has 0 aliphatic carbocycles. The zero-order chi connectivity index (χ0) is 17.8. The highest BCUT2D eigenvalue weighted by Gasteiger charge is 2.27. The van der Waals surface area contributed by atoms with Crippen molar-refractivity contribution in [1.29, 1.82) is 0 Å². The molecule has 0 radical (unpaired) electrons. The van der Waals surface area contributed by atoms with Gasteiger partial charge in [-0.15, -0.1) is 12.4 Å². The van der Waals surface area contributed by atoms with Crippen molar-refractivity contribution in [1.82, 2.24) is 20.4 Å². The molecule has 1 aromatic heterocycles. The van der Waals surface area contributed by atoms with E-state index in [1.165, 1.54) is 5.56 Å². The van der Waals surface area contributed by atoms with Crippen LogP contribution < -0.4 is 10.1 Å². The van der Waals surface area contributed by atoms with Gasteiger partial charge in [-0.1, -0.05) is 53.7 Å². The van der Waals surface area contributed by atoms with Crippen LogP contribution in [0.1, 0.15) is 17.5 Å². The molecule has 0 saturated carbocycles. The summed E-state index contributed by atoms with van der Waals surface area (Å²) in [4.78, 5) is 6.93. The summed E-state index contributed by atoms with van der Waals surface area (Å²) in [7, 11) is 1.71. The summed E-state index contributed by atoms with van der Waals surface area (Å²) < 4.78 is 11.1. The molecule has 4 rings (SSSR count). The number of benzene rings is 2. The van der Waals surface area contributed by atoms with Crippen LogP contribution in [0.3, 0.4) is 0 Å². The van der Waals surface area contributed by atoms with Gasteiger partial charge in [-0.05, 0) is 6.07 Å². The lowest BCUT2D eigenvalue weighted by Gasteiger charge is -2.36. The normalized spacial score (nSPS) is 17.3. The van der Waals surface area contributed by atoms with E-state index in [0.29, 0.717) is 18.3 Å². The van der Waals surface area contributed by atoms with Crippen molar-refractivity contribution in [3.63, 3.8) is 0 Å². The van der Waals surface area contributed by atoms with E-state index in [9.17, 15) is 0 Å². The van der Waals surface area contributed by atoms with Crippen molar-refractivity contribution in [3.8, 4) is 17.1 Å². The lowest BCUT2D eigenvalue weighted by atomic mass is 10.0. The summed E-state index contributed by atoms with van der Waals surface area (Å²) >= 11 is 0. The predicted octanol–water partition coefficient (Wildman–Crippen LogP) is 3.31. The molecule has 27 heavy (non-hydrogen) atoms. The Labute approximate surface area is 164 Å². The molecule has 2 aromatic carbocycles. The van der Waals surface area contributed by atoms with Gasteiger partial charge in [-0.25, -0.2) is 0 Å². The van der Waals surface area contributed by atoms with E-state index in [1.807, 2.05) is 48.5 Å². The summed E-state index contributed by atoms with van der Waals surface area (Å²) in [5.41, 5.74) is 2.13. The molecule has 6 nitrogen and oxygen atoms in total. The van der Waals surface area contributed by atoms with E-state index in [2.05, 4.69) is 26.4 Å². The third-order valence-electron chi connectivity index (χ3n) is 4.69. The first kappa shape index (κ1) is 19.4. The Morgan fingerprint density at radius 2 is 1.93 bits per heavy atom. The van der Waals surface area contributed by atoms with Gasteiger partial charge in [0.15, 0.2) is 0 Å². The molecule has 1 unspecified atom stereocenters. The molecule has 1 aliphatic heterocycles. The number of hydrogen-bond acceptors (Lipinski definition) is 6. The van der Waals surface area contributed by atoms with E-state index < -0.39 is 0 Å². The lowest BCUT2D eigenvalue weighted by molar-refractivity contribution is 0.133.